The molecular formula is C14H19ClFNO2. The number of halogens is 2. The van der Waals surface area contributed by atoms with Crippen molar-refractivity contribution in [3.8, 4) is 0 Å². The third kappa shape index (κ3) is 4.18. The highest BCUT2D eigenvalue weighted by Crippen LogP contribution is 2.18. The Morgan fingerprint density at radius 3 is 2.79 bits per heavy atom. The molecule has 0 fully saturated rings. The van der Waals surface area contributed by atoms with Gasteiger partial charge in [0.15, 0.2) is 0 Å². The minimum absolute atomic E-state index is 0.0810. The van der Waals surface area contributed by atoms with E-state index in [1.165, 1.54) is 13.2 Å². The number of carbonyl (C=O) groups is 1. The molecule has 5 heteroatoms. The highest BCUT2D eigenvalue weighted by atomic mass is 35.5. The van der Waals surface area contributed by atoms with Crippen LogP contribution in [0.4, 0.5) is 4.39 Å². The van der Waals surface area contributed by atoms with Crippen molar-refractivity contribution >= 4 is 17.6 Å². The highest BCUT2D eigenvalue weighted by molar-refractivity contribution is 6.30. The summed E-state index contributed by atoms with van der Waals surface area (Å²) >= 11 is 5.71. The van der Waals surface area contributed by atoms with E-state index in [4.69, 9.17) is 16.3 Å². The van der Waals surface area contributed by atoms with Crippen molar-refractivity contribution in [2.75, 3.05) is 7.11 Å². The van der Waals surface area contributed by atoms with Crippen LogP contribution in [-0.4, -0.2) is 19.1 Å². The molecule has 0 spiro atoms. The van der Waals surface area contributed by atoms with E-state index >= 15 is 0 Å². The molecule has 1 aromatic rings. The lowest BCUT2D eigenvalue weighted by molar-refractivity contribution is -0.144. The van der Waals surface area contributed by atoms with E-state index in [0.717, 1.165) is 6.42 Å². The van der Waals surface area contributed by atoms with Gasteiger partial charge in [0.2, 0.25) is 0 Å². The summed E-state index contributed by atoms with van der Waals surface area (Å²) in [7, 11) is 1.35. The number of methoxy groups -OCH3 is 1. The Hall–Kier alpha value is -1.13. The van der Waals surface area contributed by atoms with Gasteiger partial charge in [-0.25, -0.2) is 4.39 Å². The molecule has 3 nitrogen and oxygen atoms in total. The molecule has 106 valence electrons. The van der Waals surface area contributed by atoms with Crippen molar-refractivity contribution in [3.63, 3.8) is 0 Å². The largest absolute Gasteiger partial charge is 0.468 e. The van der Waals surface area contributed by atoms with Crippen LogP contribution < -0.4 is 5.32 Å². The first kappa shape index (κ1) is 15.9. The fourth-order valence-electron chi connectivity index (χ4n) is 1.78. The number of hydrogen-bond donors (Lipinski definition) is 1. The summed E-state index contributed by atoms with van der Waals surface area (Å²) in [5.74, 6) is -0.684. The molecule has 2 unspecified atom stereocenters. The highest BCUT2D eigenvalue weighted by Gasteiger charge is 2.24. The summed E-state index contributed by atoms with van der Waals surface area (Å²) in [6.07, 6.45) is 0.824. The second-order valence-corrected chi connectivity index (χ2v) is 4.89. The lowest BCUT2D eigenvalue weighted by atomic mass is 9.99. The zero-order valence-electron chi connectivity index (χ0n) is 11.4. The maximum Gasteiger partial charge on any atom is 0.323 e. The summed E-state index contributed by atoms with van der Waals surface area (Å²) in [6, 6.07) is 4.36. The van der Waals surface area contributed by atoms with Crippen molar-refractivity contribution in [2.24, 2.45) is 5.92 Å². The van der Waals surface area contributed by atoms with Crippen LogP contribution in [0, 0.1) is 11.7 Å². The monoisotopic (exact) mass is 287 g/mol. The summed E-state index contributed by atoms with van der Waals surface area (Å²) in [6.45, 7) is 4.17. The fraction of sp³-hybridized carbons (Fsp3) is 0.500. The molecule has 0 aliphatic rings. The van der Waals surface area contributed by atoms with Crippen LogP contribution in [0.25, 0.3) is 0 Å². The molecule has 0 amide bonds. The maximum atomic E-state index is 13.7. The van der Waals surface area contributed by atoms with Crippen molar-refractivity contribution < 1.29 is 13.9 Å². The van der Waals surface area contributed by atoms with Crippen LogP contribution in [0.3, 0.4) is 0 Å². The van der Waals surface area contributed by atoms with E-state index in [0.29, 0.717) is 5.56 Å². The normalized spacial score (nSPS) is 13.9. The van der Waals surface area contributed by atoms with Crippen molar-refractivity contribution in [1.82, 2.24) is 5.32 Å². The quantitative estimate of drug-likeness (QED) is 0.817. The third-order valence-electron chi connectivity index (χ3n) is 3.21. The van der Waals surface area contributed by atoms with Crippen molar-refractivity contribution in [2.45, 2.75) is 32.9 Å². The molecule has 0 bridgehead atoms. The molecule has 1 N–H and O–H groups in total. The van der Waals surface area contributed by atoms with E-state index in [-0.39, 0.29) is 23.5 Å². The number of benzene rings is 1. The molecule has 0 saturated heterocycles. The Labute approximate surface area is 118 Å². The first-order valence-corrected chi connectivity index (χ1v) is 6.63. The van der Waals surface area contributed by atoms with Gasteiger partial charge in [0.25, 0.3) is 0 Å². The smallest absolute Gasteiger partial charge is 0.323 e. The molecule has 0 aliphatic carbocycles. The number of hydrogen-bond acceptors (Lipinski definition) is 3. The van der Waals surface area contributed by atoms with Gasteiger partial charge < -0.3 is 4.74 Å². The van der Waals surface area contributed by atoms with E-state index in [9.17, 15) is 9.18 Å². The topological polar surface area (TPSA) is 38.3 Å². The van der Waals surface area contributed by atoms with Gasteiger partial charge in [-0.05, 0) is 12.0 Å². The number of rotatable bonds is 6. The summed E-state index contributed by atoms with van der Waals surface area (Å²) in [4.78, 5) is 11.7. The molecule has 0 aliphatic heterocycles. The van der Waals surface area contributed by atoms with Gasteiger partial charge in [-0.15, -0.1) is 0 Å². The Bertz CT molecular complexity index is 439. The van der Waals surface area contributed by atoms with Crippen LogP contribution in [0.15, 0.2) is 18.2 Å². The fourth-order valence-corrected chi connectivity index (χ4v) is 1.98. The Balaban J connectivity index is 2.76. The van der Waals surface area contributed by atoms with Gasteiger partial charge in [0, 0.05) is 12.1 Å². The van der Waals surface area contributed by atoms with E-state index in [1.54, 1.807) is 12.1 Å². The van der Waals surface area contributed by atoms with E-state index in [1.807, 2.05) is 13.8 Å². The molecule has 0 heterocycles. The van der Waals surface area contributed by atoms with Gasteiger partial charge in [-0.2, -0.15) is 0 Å². The van der Waals surface area contributed by atoms with E-state index in [2.05, 4.69) is 5.32 Å². The predicted octanol–water partition coefficient (Wildman–Crippen LogP) is 3.16. The second-order valence-electron chi connectivity index (χ2n) is 4.48. The van der Waals surface area contributed by atoms with Crippen LogP contribution in [0.1, 0.15) is 25.8 Å². The lowest BCUT2D eigenvalue weighted by Gasteiger charge is -2.22. The van der Waals surface area contributed by atoms with Crippen molar-refractivity contribution in [1.29, 1.82) is 0 Å². The SMILES string of the molecule is CCC(C)C(NCc1cccc(Cl)c1F)C(=O)OC. The molecule has 0 aromatic heterocycles. The average molecular weight is 288 g/mol. The minimum Gasteiger partial charge on any atom is -0.468 e. The molecule has 1 rings (SSSR count). The van der Waals surface area contributed by atoms with Crippen molar-refractivity contribution in [3.05, 3.63) is 34.6 Å². The molecule has 1 aromatic carbocycles. The van der Waals surface area contributed by atoms with Crippen LogP contribution >= 0.6 is 11.6 Å². The molecule has 2 atom stereocenters. The summed E-state index contributed by atoms with van der Waals surface area (Å²) in [5, 5.41) is 3.11. The Kier molecular flexibility index (Phi) is 6.25. The summed E-state index contributed by atoms with van der Waals surface area (Å²) < 4.78 is 18.5. The second kappa shape index (κ2) is 7.46. The molecule has 0 radical (unpaired) electrons. The van der Waals surface area contributed by atoms with Crippen LogP contribution in [0.2, 0.25) is 5.02 Å². The van der Waals surface area contributed by atoms with Gasteiger partial charge >= 0.3 is 5.97 Å². The number of esters is 1. The minimum atomic E-state index is -0.454. The maximum absolute atomic E-state index is 13.7. The molecule has 0 saturated carbocycles. The van der Waals surface area contributed by atoms with Gasteiger partial charge in [-0.3, -0.25) is 10.1 Å². The zero-order chi connectivity index (χ0) is 14.4. The number of ether oxygens (including phenoxy) is 1. The lowest BCUT2D eigenvalue weighted by Crippen LogP contribution is -2.42. The average Bonchev–Trinajstić information content (AvgIpc) is 2.42. The first-order valence-electron chi connectivity index (χ1n) is 6.25. The standard InChI is InChI=1S/C14H19ClFNO2/c1-4-9(2)13(14(18)19-3)17-8-10-6-5-7-11(15)12(10)16/h5-7,9,13,17H,4,8H2,1-3H3. The molecule has 19 heavy (non-hydrogen) atoms. The number of nitrogens with one attached hydrogen (secondary N) is 1. The summed E-state index contributed by atoms with van der Waals surface area (Å²) in [5.41, 5.74) is 0.435. The Morgan fingerprint density at radius 2 is 2.21 bits per heavy atom. The number of carbonyl (C=O) groups excluding carboxylic acids is 1. The zero-order valence-corrected chi connectivity index (χ0v) is 12.1. The third-order valence-corrected chi connectivity index (χ3v) is 3.50. The van der Waals surface area contributed by atoms with Gasteiger partial charge in [0.05, 0.1) is 12.1 Å². The predicted molar refractivity (Wildman–Crippen MR) is 73.5 cm³/mol. The van der Waals surface area contributed by atoms with Gasteiger partial charge in [0.1, 0.15) is 11.9 Å². The Morgan fingerprint density at radius 1 is 1.53 bits per heavy atom. The molecular weight excluding hydrogens is 269 g/mol. The van der Waals surface area contributed by atoms with Crippen LogP contribution in [-0.2, 0) is 16.1 Å². The van der Waals surface area contributed by atoms with Gasteiger partial charge in [-0.1, -0.05) is 44.0 Å². The van der Waals surface area contributed by atoms with E-state index < -0.39 is 11.9 Å². The van der Waals surface area contributed by atoms with Crippen LogP contribution in [0.5, 0.6) is 0 Å². The first-order chi connectivity index (χ1) is 9.01.